The Morgan fingerprint density at radius 2 is 1.73 bits per heavy atom. The van der Waals surface area contributed by atoms with Crippen molar-refractivity contribution >= 4 is 11.7 Å². The lowest BCUT2D eigenvalue weighted by Crippen LogP contribution is -2.30. The Morgan fingerprint density at radius 3 is 2.53 bits per heavy atom. The summed E-state index contributed by atoms with van der Waals surface area (Å²) in [7, 11) is 0. The van der Waals surface area contributed by atoms with E-state index in [9.17, 15) is 23.1 Å². The minimum atomic E-state index is -4.93. The predicted octanol–water partition coefficient (Wildman–Crippen LogP) is 6.17. The first-order valence-corrected chi connectivity index (χ1v) is 14.7. The molecule has 0 radical (unpaired) electrons. The summed E-state index contributed by atoms with van der Waals surface area (Å²) in [6, 6.07) is 23.4. The molecule has 228 valence electrons. The molecule has 5 aromatic rings. The summed E-state index contributed by atoms with van der Waals surface area (Å²) >= 11 is 0. The highest BCUT2D eigenvalue weighted by molar-refractivity contribution is 5.89. The van der Waals surface area contributed by atoms with Gasteiger partial charge >= 0.3 is 12.1 Å². The number of nitrogens with zero attached hydrogens (tertiary/aromatic N) is 6. The highest BCUT2D eigenvalue weighted by Gasteiger charge is 2.41. The lowest BCUT2D eigenvalue weighted by Gasteiger charge is -2.29. The number of pyridine rings is 2. The van der Waals surface area contributed by atoms with Crippen LogP contribution in [0.1, 0.15) is 44.0 Å². The average molecular weight is 611 g/mol. The molecular weight excluding hydrogens is 581 g/mol. The summed E-state index contributed by atoms with van der Waals surface area (Å²) in [4.78, 5) is 25.2. The summed E-state index contributed by atoms with van der Waals surface area (Å²) < 4.78 is 42.3. The largest absolute Gasteiger partial charge is 0.478 e. The van der Waals surface area contributed by atoms with E-state index in [-0.39, 0.29) is 5.82 Å². The Kier molecular flexibility index (Phi) is 7.33. The summed E-state index contributed by atoms with van der Waals surface area (Å²) in [5.74, 6) is -1.81. The van der Waals surface area contributed by atoms with Gasteiger partial charge in [-0.2, -0.15) is 18.3 Å². The molecule has 2 aliphatic rings. The van der Waals surface area contributed by atoms with Crippen LogP contribution < -0.4 is 4.90 Å². The van der Waals surface area contributed by atoms with Gasteiger partial charge in [-0.3, -0.25) is 9.88 Å². The standard InChI is InChI=1S/C34H29F3N6O2/c35-34(36,37)32-28(33(44)45)18-39-43(32)30-9-4-8-29(40-30)27-7-3-5-23-13-16-42(31(23)27)19-22-10-11-25-20-41(15-12-24(25)17-22)21-26-6-1-2-14-38-26/h1-11,14,17-18H,12-13,15-16,19-21H2,(H,44,45). The van der Waals surface area contributed by atoms with Crippen LogP contribution >= 0.6 is 0 Å². The number of carboxylic acid groups (broad SMARTS) is 1. The highest BCUT2D eigenvalue weighted by Crippen LogP contribution is 2.39. The van der Waals surface area contributed by atoms with Gasteiger partial charge in [-0.05, 0) is 59.4 Å². The van der Waals surface area contributed by atoms with E-state index in [4.69, 9.17) is 0 Å². The molecule has 5 heterocycles. The summed E-state index contributed by atoms with van der Waals surface area (Å²) in [5, 5.41) is 13.1. The Balaban J connectivity index is 1.15. The van der Waals surface area contributed by atoms with Crippen molar-refractivity contribution in [1.82, 2.24) is 24.6 Å². The molecule has 2 aromatic carbocycles. The van der Waals surface area contributed by atoms with Gasteiger partial charge in [0.25, 0.3) is 0 Å². The van der Waals surface area contributed by atoms with Crippen LogP contribution in [-0.2, 0) is 38.7 Å². The monoisotopic (exact) mass is 610 g/mol. The molecule has 7 rings (SSSR count). The molecule has 0 bridgehead atoms. The van der Waals surface area contributed by atoms with Crippen LogP contribution in [0, 0.1) is 0 Å². The topological polar surface area (TPSA) is 87.4 Å². The van der Waals surface area contributed by atoms with Crippen molar-refractivity contribution in [2.75, 3.05) is 18.0 Å². The van der Waals surface area contributed by atoms with Crippen molar-refractivity contribution in [3.05, 3.63) is 124 Å². The van der Waals surface area contributed by atoms with E-state index in [1.54, 1.807) is 12.1 Å². The molecule has 0 saturated heterocycles. The normalized spacial score (nSPS) is 14.8. The fraction of sp³-hybridized carbons (Fsp3) is 0.235. The number of halogens is 3. The summed E-state index contributed by atoms with van der Waals surface area (Å²) in [6.07, 6.45) is -0.591. The molecule has 0 unspecified atom stereocenters. The van der Waals surface area contributed by atoms with Crippen molar-refractivity contribution < 1.29 is 23.1 Å². The fourth-order valence-corrected chi connectivity index (χ4v) is 6.38. The molecule has 3 aromatic heterocycles. The lowest BCUT2D eigenvalue weighted by atomic mass is 9.96. The molecule has 2 aliphatic heterocycles. The zero-order valence-electron chi connectivity index (χ0n) is 24.2. The van der Waals surface area contributed by atoms with E-state index in [1.165, 1.54) is 22.8 Å². The molecule has 8 nitrogen and oxygen atoms in total. The number of carboxylic acids is 1. The fourth-order valence-electron chi connectivity index (χ4n) is 6.38. The third-order valence-electron chi connectivity index (χ3n) is 8.43. The van der Waals surface area contributed by atoms with Crippen molar-refractivity contribution in [1.29, 1.82) is 0 Å². The number of hydrogen-bond donors (Lipinski definition) is 1. The number of aromatic nitrogens is 4. The third kappa shape index (κ3) is 5.66. The van der Waals surface area contributed by atoms with Crippen molar-refractivity contribution in [2.45, 2.75) is 38.7 Å². The first kappa shape index (κ1) is 28.7. The van der Waals surface area contributed by atoms with Crippen LogP contribution in [-0.4, -0.2) is 48.8 Å². The summed E-state index contributed by atoms with van der Waals surface area (Å²) in [5.41, 5.74) is 6.08. The molecule has 0 spiro atoms. The number of benzene rings is 2. The van der Waals surface area contributed by atoms with Crippen LogP contribution in [0.25, 0.3) is 17.1 Å². The lowest BCUT2D eigenvalue weighted by molar-refractivity contribution is -0.143. The number of rotatable bonds is 7. The number of para-hydroxylation sites is 1. The Bertz CT molecular complexity index is 1890. The summed E-state index contributed by atoms with van der Waals surface area (Å²) in [6.45, 7) is 4.16. The van der Waals surface area contributed by atoms with E-state index < -0.39 is 23.4 Å². The van der Waals surface area contributed by atoms with Crippen LogP contribution in [0.3, 0.4) is 0 Å². The van der Waals surface area contributed by atoms with Gasteiger partial charge in [0.05, 0.1) is 17.6 Å². The zero-order chi connectivity index (χ0) is 31.1. The Hall–Kier alpha value is -5.03. The van der Waals surface area contributed by atoms with Crippen LogP contribution in [0.15, 0.2) is 85.2 Å². The van der Waals surface area contributed by atoms with E-state index in [1.807, 2.05) is 30.5 Å². The average Bonchev–Trinajstić information content (AvgIpc) is 3.67. The predicted molar refractivity (Wildman–Crippen MR) is 162 cm³/mol. The van der Waals surface area contributed by atoms with E-state index in [0.29, 0.717) is 23.1 Å². The smallest absolute Gasteiger partial charge is 0.434 e. The number of aromatic carboxylic acids is 1. The van der Waals surface area contributed by atoms with Gasteiger partial charge in [-0.25, -0.2) is 14.5 Å². The number of alkyl halides is 3. The van der Waals surface area contributed by atoms with Crippen molar-refractivity contribution in [2.24, 2.45) is 0 Å². The molecule has 0 fully saturated rings. The number of anilines is 1. The van der Waals surface area contributed by atoms with Gasteiger partial charge in [-0.1, -0.05) is 48.5 Å². The Labute approximate surface area is 257 Å². The maximum Gasteiger partial charge on any atom is 0.434 e. The number of hydrogen-bond acceptors (Lipinski definition) is 6. The van der Waals surface area contributed by atoms with Crippen LogP contribution in [0.2, 0.25) is 0 Å². The zero-order valence-corrected chi connectivity index (χ0v) is 24.2. The quantitative estimate of drug-likeness (QED) is 0.236. The first-order chi connectivity index (χ1) is 21.7. The minimum Gasteiger partial charge on any atom is -0.478 e. The van der Waals surface area contributed by atoms with E-state index in [2.05, 4.69) is 55.2 Å². The first-order valence-electron chi connectivity index (χ1n) is 14.7. The van der Waals surface area contributed by atoms with Gasteiger partial charge in [0, 0.05) is 50.2 Å². The van der Waals surface area contributed by atoms with Gasteiger partial charge in [0.1, 0.15) is 5.56 Å². The second-order valence-electron chi connectivity index (χ2n) is 11.4. The molecular formula is C34H29F3N6O2. The van der Waals surface area contributed by atoms with Gasteiger partial charge < -0.3 is 10.0 Å². The molecule has 0 atom stereocenters. The number of fused-ring (bicyclic) bond motifs is 2. The number of carbonyl (C=O) groups is 1. The van der Waals surface area contributed by atoms with Crippen LogP contribution in [0.4, 0.5) is 18.9 Å². The van der Waals surface area contributed by atoms with Crippen molar-refractivity contribution in [3.63, 3.8) is 0 Å². The maximum atomic E-state index is 13.9. The molecule has 45 heavy (non-hydrogen) atoms. The molecule has 11 heteroatoms. The maximum absolute atomic E-state index is 13.9. The Morgan fingerprint density at radius 1 is 0.889 bits per heavy atom. The molecule has 0 amide bonds. The molecule has 0 saturated carbocycles. The third-order valence-corrected chi connectivity index (χ3v) is 8.43. The van der Waals surface area contributed by atoms with Gasteiger partial charge in [0.15, 0.2) is 11.5 Å². The van der Waals surface area contributed by atoms with E-state index in [0.717, 1.165) is 61.5 Å². The molecule has 0 aliphatic carbocycles. The van der Waals surface area contributed by atoms with Crippen LogP contribution in [0.5, 0.6) is 0 Å². The highest BCUT2D eigenvalue weighted by atomic mass is 19.4. The van der Waals surface area contributed by atoms with Gasteiger partial charge in [0.2, 0.25) is 0 Å². The minimum absolute atomic E-state index is 0.110. The van der Waals surface area contributed by atoms with Crippen molar-refractivity contribution in [3.8, 4) is 17.1 Å². The SMILES string of the molecule is O=C(O)c1cnn(-c2cccc(-c3cccc4c3N(Cc3ccc5c(c3)CCN(Cc3ccccn3)C5)CC4)n2)c1C(F)(F)F. The molecule has 1 N–H and O–H groups in total. The second kappa shape index (κ2) is 11.5. The van der Waals surface area contributed by atoms with Gasteiger partial charge in [-0.15, -0.1) is 0 Å². The second-order valence-corrected chi connectivity index (χ2v) is 11.4. The van der Waals surface area contributed by atoms with E-state index >= 15 is 0 Å².